The quantitative estimate of drug-likeness (QED) is 0.723. The molecule has 5 nitrogen and oxygen atoms in total. The number of thioether (sulfide) groups is 1. The Morgan fingerprint density at radius 2 is 2.25 bits per heavy atom. The highest BCUT2D eigenvalue weighted by molar-refractivity contribution is 9.10. The monoisotopic (exact) mass is 429 g/mol. The van der Waals surface area contributed by atoms with Crippen LogP contribution in [0.4, 0.5) is 11.5 Å². The van der Waals surface area contributed by atoms with E-state index in [4.69, 9.17) is 16.3 Å². The minimum atomic E-state index is -0.121. The summed E-state index contributed by atoms with van der Waals surface area (Å²) in [5, 5.41) is 0.323. The number of benzene rings is 1. The molecule has 0 fully saturated rings. The molecule has 0 aliphatic carbocycles. The lowest BCUT2D eigenvalue weighted by atomic mass is 10.1. The molecule has 0 spiro atoms. The zero-order valence-electron chi connectivity index (χ0n) is 13.4. The van der Waals surface area contributed by atoms with E-state index >= 15 is 0 Å². The number of aryl methyl sites for hydroxylation is 1. The van der Waals surface area contributed by atoms with Crippen LogP contribution in [-0.4, -0.2) is 35.2 Å². The number of ether oxygens (including phenoxy) is 1. The summed E-state index contributed by atoms with van der Waals surface area (Å²) in [5.74, 6) is 2.00. The molecular formula is C16H17BrClN3O2S. The van der Waals surface area contributed by atoms with Crippen LogP contribution in [0, 0.1) is 0 Å². The molecule has 0 amide bonds. The van der Waals surface area contributed by atoms with E-state index in [2.05, 4.69) is 20.9 Å². The van der Waals surface area contributed by atoms with Gasteiger partial charge in [-0.3, -0.25) is 4.79 Å². The predicted octanol–water partition coefficient (Wildman–Crippen LogP) is 3.73. The molecule has 2 aromatic rings. The van der Waals surface area contributed by atoms with Crippen LogP contribution in [0.1, 0.15) is 5.56 Å². The maximum atomic E-state index is 12.8. The number of hydrogen-bond donors (Lipinski definition) is 0. The molecule has 3 rings (SSSR count). The first-order chi connectivity index (χ1) is 11.5. The minimum Gasteiger partial charge on any atom is -0.497 e. The van der Waals surface area contributed by atoms with Crippen molar-refractivity contribution >= 4 is 50.8 Å². The van der Waals surface area contributed by atoms with Gasteiger partial charge in [-0.25, -0.2) is 4.98 Å². The van der Waals surface area contributed by atoms with E-state index in [1.54, 1.807) is 29.6 Å². The van der Waals surface area contributed by atoms with Gasteiger partial charge in [0.25, 0.3) is 5.56 Å². The highest BCUT2D eigenvalue weighted by Crippen LogP contribution is 2.41. The van der Waals surface area contributed by atoms with Crippen LogP contribution in [0.3, 0.4) is 0 Å². The van der Waals surface area contributed by atoms with Gasteiger partial charge in [0.2, 0.25) is 5.82 Å². The van der Waals surface area contributed by atoms with Gasteiger partial charge in [0.15, 0.2) is 0 Å². The summed E-state index contributed by atoms with van der Waals surface area (Å²) >= 11 is 11.4. The number of aromatic nitrogens is 2. The lowest BCUT2D eigenvalue weighted by Crippen LogP contribution is -2.30. The first kappa shape index (κ1) is 17.6. The number of nitrogens with zero attached hydrogens (tertiary/aromatic N) is 3. The zero-order valence-corrected chi connectivity index (χ0v) is 16.5. The molecule has 0 N–H and O–H groups in total. The van der Waals surface area contributed by atoms with Crippen molar-refractivity contribution in [2.24, 2.45) is 0 Å². The maximum Gasteiger partial charge on any atom is 0.293 e. The molecule has 1 aliphatic rings. The van der Waals surface area contributed by atoms with Crippen molar-refractivity contribution in [2.75, 3.05) is 30.6 Å². The topological polar surface area (TPSA) is 47.4 Å². The summed E-state index contributed by atoms with van der Waals surface area (Å²) in [4.78, 5) is 19.0. The third-order valence-electron chi connectivity index (χ3n) is 3.95. The van der Waals surface area contributed by atoms with Crippen molar-refractivity contribution in [2.45, 2.75) is 13.0 Å². The van der Waals surface area contributed by atoms with Crippen LogP contribution in [0.15, 0.2) is 27.6 Å². The van der Waals surface area contributed by atoms with E-state index in [-0.39, 0.29) is 5.56 Å². The van der Waals surface area contributed by atoms with Crippen molar-refractivity contribution in [3.8, 4) is 5.75 Å². The Bertz CT molecular complexity index is 828. The molecule has 2 heterocycles. The molecule has 1 aromatic heterocycles. The number of hydrogen-bond acceptors (Lipinski definition) is 5. The SMILES string of the molecule is COc1cc(Br)c2c(c1)CCN2c1nc(Cl)cn(CCSC)c1=O. The van der Waals surface area contributed by atoms with E-state index in [1.807, 2.05) is 23.3 Å². The second kappa shape index (κ2) is 7.37. The fourth-order valence-electron chi connectivity index (χ4n) is 2.82. The number of fused-ring (bicyclic) bond motifs is 1. The largest absolute Gasteiger partial charge is 0.497 e. The first-order valence-corrected chi connectivity index (χ1v) is 10.0. The van der Waals surface area contributed by atoms with Gasteiger partial charge in [0.05, 0.1) is 12.8 Å². The Morgan fingerprint density at radius 1 is 1.46 bits per heavy atom. The summed E-state index contributed by atoms with van der Waals surface area (Å²) in [6.07, 6.45) is 4.43. The molecule has 0 atom stereocenters. The first-order valence-electron chi connectivity index (χ1n) is 7.45. The highest BCUT2D eigenvalue weighted by atomic mass is 79.9. The van der Waals surface area contributed by atoms with Crippen LogP contribution >= 0.6 is 39.3 Å². The molecule has 0 radical (unpaired) electrons. The Balaban J connectivity index is 2.07. The fraction of sp³-hybridized carbons (Fsp3) is 0.375. The van der Waals surface area contributed by atoms with Crippen LogP contribution in [-0.2, 0) is 13.0 Å². The van der Waals surface area contributed by atoms with Gasteiger partial charge < -0.3 is 14.2 Å². The van der Waals surface area contributed by atoms with Crippen molar-refractivity contribution in [3.63, 3.8) is 0 Å². The molecule has 1 aliphatic heterocycles. The van der Waals surface area contributed by atoms with Gasteiger partial charge in [-0.05, 0) is 46.3 Å². The van der Waals surface area contributed by atoms with E-state index in [0.29, 0.717) is 24.1 Å². The number of methoxy groups -OCH3 is 1. The second-order valence-electron chi connectivity index (χ2n) is 5.40. The van der Waals surface area contributed by atoms with Crippen molar-refractivity contribution in [1.82, 2.24) is 9.55 Å². The smallest absolute Gasteiger partial charge is 0.293 e. The third kappa shape index (κ3) is 3.30. The van der Waals surface area contributed by atoms with Crippen molar-refractivity contribution < 1.29 is 4.74 Å². The summed E-state index contributed by atoms with van der Waals surface area (Å²) in [6.45, 7) is 1.30. The Kier molecular flexibility index (Phi) is 5.42. The summed E-state index contributed by atoms with van der Waals surface area (Å²) in [6, 6.07) is 3.89. The van der Waals surface area contributed by atoms with Gasteiger partial charge in [0, 0.05) is 29.5 Å². The lowest BCUT2D eigenvalue weighted by Gasteiger charge is -2.20. The molecule has 1 aromatic carbocycles. The van der Waals surface area contributed by atoms with Crippen molar-refractivity contribution in [3.05, 3.63) is 43.9 Å². The summed E-state index contributed by atoms with van der Waals surface area (Å²) in [5.41, 5.74) is 1.96. The van der Waals surface area contributed by atoms with Crippen LogP contribution in [0.25, 0.3) is 0 Å². The number of anilines is 2. The van der Waals surface area contributed by atoms with Gasteiger partial charge in [-0.1, -0.05) is 11.6 Å². The maximum absolute atomic E-state index is 12.8. The standard InChI is InChI=1S/C16H17BrClN3O2S/c1-23-11-7-10-3-4-21(14(10)12(17)8-11)15-16(22)20(5-6-24-2)9-13(18)19-15/h7-9H,3-6H2,1-2H3. The van der Waals surface area contributed by atoms with E-state index in [0.717, 1.165) is 33.6 Å². The molecule has 0 saturated heterocycles. The predicted molar refractivity (Wildman–Crippen MR) is 103 cm³/mol. The second-order valence-corrected chi connectivity index (χ2v) is 7.62. The molecule has 24 heavy (non-hydrogen) atoms. The molecule has 0 bridgehead atoms. The molecule has 8 heteroatoms. The Labute approximate surface area is 158 Å². The average molecular weight is 431 g/mol. The Hall–Kier alpha value is -1.18. The van der Waals surface area contributed by atoms with Gasteiger partial charge in [-0.2, -0.15) is 11.8 Å². The van der Waals surface area contributed by atoms with Crippen LogP contribution < -0.4 is 15.2 Å². The molecule has 128 valence electrons. The molecule has 0 saturated carbocycles. The number of halogens is 2. The molecule has 0 unspecified atom stereocenters. The summed E-state index contributed by atoms with van der Waals surface area (Å²) < 4.78 is 7.83. The van der Waals surface area contributed by atoms with Gasteiger partial charge in [-0.15, -0.1) is 0 Å². The van der Waals surface area contributed by atoms with Gasteiger partial charge >= 0.3 is 0 Å². The zero-order chi connectivity index (χ0) is 17.3. The minimum absolute atomic E-state index is 0.121. The van der Waals surface area contributed by atoms with E-state index in [9.17, 15) is 4.79 Å². The summed E-state index contributed by atoms with van der Waals surface area (Å²) in [7, 11) is 1.64. The van der Waals surface area contributed by atoms with Crippen LogP contribution in [0.5, 0.6) is 5.75 Å². The lowest BCUT2D eigenvalue weighted by molar-refractivity contribution is 0.414. The highest BCUT2D eigenvalue weighted by Gasteiger charge is 2.27. The van der Waals surface area contributed by atoms with E-state index < -0.39 is 0 Å². The van der Waals surface area contributed by atoms with Crippen molar-refractivity contribution in [1.29, 1.82) is 0 Å². The average Bonchev–Trinajstić information content (AvgIpc) is 2.99. The normalized spacial score (nSPS) is 13.2. The Morgan fingerprint density at radius 3 is 2.96 bits per heavy atom. The number of rotatable bonds is 5. The van der Waals surface area contributed by atoms with Gasteiger partial charge in [0.1, 0.15) is 10.9 Å². The fourth-order valence-corrected chi connectivity index (χ4v) is 4.09. The third-order valence-corrected chi connectivity index (χ3v) is 5.32. The molecular weight excluding hydrogens is 414 g/mol. The van der Waals surface area contributed by atoms with E-state index in [1.165, 1.54) is 0 Å². The van der Waals surface area contributed by atoms with Crippen LogP contribution in [0.2, 0.25) is 5.15 Å².